The number of hydrogen-bond donors (Lipinski definition) is 2. The average molecular weight is 349 g/mol. The Kier molecular flexibility index (Phi) is 4.70. The number of pyridine rings is 1. The van der Waals surface area contributed by atoms with Crippen molar-refractivity contribution in [2.45, 2.75) is 13.0 Å². The number of halogens is 1. The number of carbonyl (C=O) groups excluding carboxylic acids is 1. The van der Waals surface area contributed by atoms with E-state index in [0.717, 1.165) is 10.0 Å². The molecule has 0 bridgehead atoms. The fraction of sp³-hybridized carbons (Fsp3) is 0.133. The van der Waals surface area contributed by atoms with Crippen LogP contribution >= 0.6 is 15.9 Å². The van der Waals surface area contributed by atoms with E-state index in [-0.39, 0.29) is 17.3 Å². The molecule has 5 nitrogen and oxygen atoms in total. The summed E-state index contributed by atoms with van der Waals surface area (Å²) >= 11 is 3.42. The molecule has 0 spiro atoms. The summed E-state index contributed by atoms with van der Waals surface area (Å²) in [7, 11) is 0. The zero-order valence-corrected chi connectivity index (χ0v) is 12.8. The van der Waals surface area contributed by atoms with Crippen LogP contribution in [-0.2, 0) is 0 Å². The Morgan fingerprint density at radius 2 is 1.95 bits per heavy atom. The lowest BCUT2D eigenvalue weighted by atomic mass is 10.1. The van der Waals surface area contributed by atoms with E-state index in [4.69, 9.17) is 5.11 Å². The number of carboxylic acid groups (broad SMARTS) is 1. The van der Waals surface area contributed by atoms with Crippen LogP contribution in [0.25, 0.3) is 0 Å². The van der Waals surface area contributed by atoms with Crippen molar-refractivity contribution in [3.8, 4) is 0 Å². The second-order valence-electron chi connectivity index (χ2n) is 4.42. The second-order valence-corrected chi connectivity index (χ2v) is 5.28. The lowest BCUT2D eigenvalue weighted by Crippen LogP contribution is -2.29. The fourth-order valence-corrected chi connectivity index (χ4v) is 2.56. The van der Waals surface area contributed by atoms with Crippen LogP contribution in [0.1, 0.15) is 39.4 Å². The molecule has 0 radical (unpaired) electrons. The standard InChI is InChI=1S/C15H13BrN2O3/c1-9(10-5-2-3-7-12(10)16)18-14(19)13-11(15(20)21)6-4-8-17-13/h2-9H,1H3,(H,18,19)(H,20,21)/t9-/m0/s1. The van der Waals surface area contributed by atoms with Gasteiger partial charge in [-0.3, -0.25) is 9.78 Å². The number of rotatable bonds is 4. The summed E-state index contributed by atoms with van der Waals surface area (Å²) in [6.45, 7) is 1.82. The number of aromatic nitrogens is 1. The molecule has 0 fully saturated rings. The maximum atomic E-state index is 12.2. The summed E-state index contributed by atoms with van der Waals surface area (Å²) in [6.07, 6.45) is 1.39. The molecule has 1 heterocycles. The van der Waals surface area contributed by atoms with Gasteiger partial charge in [0.05, 0.1) is 11.6 Å². The molecule has 1 aromatic carbocycles. The third-order valence-corrected chi connectivity index (χ3v) is 3.69. The molecule has 2 aromatic rings. The van der Waals surface area contributed by atoms with Crippen LogP contribution in [0.2, 0.25) is 0 Å². The number of amides is 1. The number of carboxylic acids is 1. The average Bonchev–Trinajstić information content (AvgIpc) is 2.47. The molecule has 0 aliphatic rings. The summed E-state index contributed by atoms with van der Waals surface area (Å²) in [5, 5.41) is 11.8. The van der Waals surface area contributed by atoms with Gasteiger partial charge in [0.2, 0.25) is 0 Å². The zero-order chi connectivity index (χ0) is 15.4. The Bertz CT molecular complexity index is 688. The SMILES string of the molecule is C[C@H](NC(=O)c1ncccc1C(=O)O)c1ccccc1Br. The number of hydrogen-bond acceptors (Lipinski definition) is 3. The second kappa shape index (κ2) is 6.49. The van der Waals surface area contributed by atoms with E-state index in [1.165, 1.54) is 18.3 Å². The molecule has 1 atom stereocenters. The maximum absolute atomic E-state index is 12.2. The van der Waals surface area contributed by atoms with Gasteiger partial charge in [-0.25, -0.2) is 4.79 Å². The van der Waals surface area contributed by atoms with Crippen LogP contribution < -0.4 is 5.32 Å². The minimum absolute atomic E-state index is 0.0936. The first-order chi connectivity index (χ1) is 10.0. The summed E-state index contributed by atoms with van der Waals surface area (Å²) in [5.41, 5.74) is 0.692. The van der Waals surface area contributed by atoms with Gasteiger partial charge in [-0.05, 0) is 30.7 Å². The molecule has 0 aliphatic carbocycles. The molecular formula is C15H13BrN2O3. The topological polar surface area (TPSA) is 79.3 Å². The van der Waals surface area contributed by atoms with Crippen LogP contribution in [0.4, 0.5) is 0 Å². The summed E-state index contributed by atoms with van der Waals surface area (Å²) < 4.78 is 0.872. The van der Waals surface area contributed by atoms with Gasteiger partial charge in [-0.15, -0.1) is 0 Å². The molecule has 6 heteroatoms. The van der Waals surface area contributed by atoms with Crippen molar-refractivity contribution in [3.63, 3.8) is 0 Å². The van der Waals surface area contributed by atoms with Crippen LogP contribution in [0.3, 0.4) is 0 Å². The van der Waals surface area contributed by atoms with Crippen molar-refractivity contribution in [1.29, 1.82) is 0 Å². The molecule has 2 rings (SSSR count). The molecule has 1 amide bonds. The molecule has 0 saturated heterocycles. The Morgan fingerprint density at radius 3 is 2.62 bits per heavy atom. The molecule has 108 valence electrons. The van der Waals surface area contributed by atoms with Crippen LogP contribution in [0, 0.1) is 0 Å². The van der Waals surface area contributed by atoms with Crippen molar-refractivity contribution in [2.75, 3.05) is 0 Å². The van der Waals surface area contributed by atoms with Crippen molar-refractivity contribution in [3.05, 3.63) is 63.9 Å². The van der Waals surface area contributed by atoms with Crippen molar-refractivity contribution in [1.82, 2.24) is 10.3 Å². The molecule has 0 saturated carbocycles. The number of benzene rings is 1. The van der Waals surface area contributed by atoms with E-state index in [2.05, 4.69) is 26.2 Å². The Morgan fingerprint density at radius 1 is 1.24 bits per heavy atom. The fourth-order valence-electron chi connectivity index (χ4n) is 1.93. The van der Waals surface area contributed by atoms with Crippen molar-refractivity contribution in [2.24, 2.45) is 0 Å². The van der Waals surface area contributed by atoms with E-state index in [0.29, 0.717) is 0 Å². The first-order valence-electron chi connectivity index (χ1n) is 6.24. The van der Waals surface area contributed by atoms with E-state index in [1.54, 1.807) is 0 Å². The van der Waals surface area contributed by atoms with Crippen molar-refractivity contribution < 1.29 is 14.7 Å². The van der Waals surface area contributed by atoms with Crippen LogP contribution in [0.15, 0.2) is 47.1 Å². The smallest absolute Gasteiger partial charge is 0.338 e. The Balaban J connectivity index is 2.23. The van der Waals surface area contributed by atoms with Gasteiger partial charge in [0.15, 0.2) is 0 Å². The lowest BCUT2D eigenvalue weighted by Gasteiger charge is -2.16. The summed E-state index contributed by atoms with van der Waals surface area (Å²) in [6, 6.07) is 10.1. The predicted molar refractivity (Wildman–Crippen MR) is 81.2 cm³/mol. The monoisotopic (exact) mass is 348 g/mol. The molecular weight excluding hydrogens is 336 g/mol. The molecule has 2 N–H and O–H groups in total. The lowest BCUT2D eigenvalue weighted by molar-refractivity contribution is 0.0689. The van der Waals surface area contributed by atoms with Crippen LogP contribution in [-0.4, -0.2) is 22.0 Å². The first kappa shape index (κ1) is 15.2. The molecule has 0 unspecified atom stereocenters. The van der Waals surface area contributed by atoms with Crippen LogP contribution in [0.5, 0.6) is 0 Å². The van der Waals surface area contributed by atoms with E-state index >= 15 is 0 Å². The van der Waals surface area contributed by atoms with E-state index in [1.807, 2.05) is 31.2 Å². The Labute approximate surface area is 130 Å². The first-order valence-corrected chi connectivity index (χ1v) is 7.03. The highest BCUT2D eigenvalue weighted by atomic mass is 79.9. The molecule has 21 heavy (non-hydrogen) atoms. The normalized spacial score (nSPS) is 11.7. The van der Waals surface area contributed by atoms with Gasteiger partial charge in [0.1, 0.15) is 5.69 Å². The quantitative estimate of drug-likeness (QED) is 0.889. The van der Waals surface area contributed by atoms with Gasteiger partial charge in [0.25, 0.3) is 5.91 Å². The third-order valence-electron chi connectivity index (χ3n) is 2.97. The number of carbonyl (C=O) groups is 2. The van der Waals surface area contributed by atoms with Gasteiger partial charge < -0.3 is 10.4 Å². The highest BCUT2D eigenvalue weighted by Crippen LogP contribution is 2.23. The molecule has 1 aromatic heterocycles. The number of nitrogens with one attached hydrogen (secondary N) is 1. The minimum atomic E-state index is -1.18. The number of aromatic carboxylic acids is 1. The highest BCUT2D eigenvalue weighted by molar-refractivity contribution is 9.10. The van der Waals surface area contributed by atoms with Gasteiger partial charge >= 0.3 is 5.97 Å². The van der Waals surface area contributed by atoms with E-state index in [9.17, 15) is 9.59 Å². The summed E-state index contributed by atoms with van der Waals surface area (Å²) in [5.74, 6) is -1.70. The van der Waals surface area contributed by atoms with Gasteiger partial charge in [-0.2, -0.15) is 0 Å². The molecule has 0 aliphatic heterocycles. The third kappa shape index (κ3) is 3.46. The maximum Gasteiger partial charge on any atom is 0.338 e. The van der Waals surface area contributed by atoms with Gasteiger partial charge in [-0.1, -0.05) is 34.1 Å². The number of nitrogens with zero attached hydrogens (tertiary/aromatic N) is 1. The van der Waals surface area contributed by atoms with Crippen molar-refractivity contribution >= 4 is 27.8 Å². The van der Waals surface area contributed by atoms with Gasteiger partial charge in [0, 0.05) is 10.7 Å². The summed E-state index contributed by atoms with van der Waals surface area (Å²) in [4.78, 5) is 27.2. The minimum Gasteiger partial charge on any atom is -0.478 e. The zero-order valence-electron chi connectivity index (χ0n) is 11.2. The highest BCUT2D eigenvalue weighted by Gasteiger charge is 2.20. The van der Waals surface area contributed by atoms with E-state index < -0.39 is 11.9 Å². The Hall–Kier alpha value is -2.21. The largest absolute Gasteiger partial charge is 0.478 e. The predicted octanol–water partition coefficient (Wildman–Crippen LogP) is 3.03.